The quantitative estimate of drug-likeness (QED) is 0.672. The molecule has 0 saturated carbocycles. The molecular weight excluding hydrogens is 186 g/mol. The van der Waals surface area contributed by atoms with Gasteiger partial charge in [-0.15, -0.1) is 0 Å². The van der Waals surface area contributed by atoms with Gasteiger partial charge in [-0.3, -0.25) is 0 Å². The highest BCUT2D eigenvalue weighted by atomic mass is 16.5. The van der Waals surface area contributed by atoms with E-state index in [4.69, 9.17) is 4.74 Å². The van der Waals surface area contributed by atoms with Crippen LogP contribution in [0.2, 0.25) is 0 Å². The maximum absolute atomic E-state index is 5.37. The molecule has 1 aliphatic heterocycles. The predicted octanol–water partition coefficient (Wildman–Crippen LogP) is 2.78. The highest BCUT2D eigenvalue weighted by molar-refractivity contribution is 4.66. The van der Waals surface area contributed by atoms with Crippen molar-refractivity contribution < 1.29 is 4.74 Å². The lowest BCUT2D eigenvalue weighted by atomic mass is 9.96. The minimum absolute atomic E-state index is 0.838. The van der Waals surface area contributed by atoms with E-state index in [1.807, 2.05) is 0 Å². The molecular formula is C13H27NO. The Morgan fingerprint density at radius 2 is 2.00 bits per heavy atom. The molecule has 0 aromatic heterocycles. The molecule has 0 N–H and O–H groups in total. The first-order valence-corrected chi connectivity index (χ1v) is 6.48. The first-order valence-electron chi connectivity index (χ1n) is 6.48. The van der Waals surface area contributed by atoms with Crippen LogP contribution < -0.4 is 0 Å². The van der Waals surface area contributed by atoms with Crippen molar-refractivity contribution in [2.24, 2.45) is 11.8 Å². The molecule has 1 rings (SSSR count). The van der Waals surface area contributed by atoms with E-state index in [9.17, 15) is 0 Å². The zero-order valence-electron chi connectivity index (χ0n) is 10.7. The average molecular weight is 213 g/mol. The van der Waals surface area contributed by atoms with Crippen LogP contribution in [-0.4, -0.2) is 38.3 Å². The van der Waals surface area contributed by atoms with Crippen LogP contribution in [0.4, 0.5) is 0 Å². The molecule has 1 heterocycles. The molecule has 1 fully saturated rings. The first kappa shape index (κ1) is 13.0. The third-order valence-electron chi connectivity index (χ3n) is 3.58. The van der Waals surface area contributed by atoms with E-state index >= 15 is 0 Å². The van der Waals surface area contributed by atoms with Crippen molar-refractivity contribution in [2.45, 2.75) is 39.5 Å². The topological polar surface area (TPSA) is 12.5 Å². The van der Waals surface area contributed by atoms with Crippen molar-refractivity contribution in [3.63, 3.8) is 0 Å². The summed E-state index contributed by atoms with van der Waals surface area (Å²) in [5.74, 6) is 1.75. The Balaban J connectivity index is 2.07. The Labute approximate surface area is 95.0 Å². The number of hydrogen-bond acceptors (Lipinski definition) is 2. The van der Waals surface area contributed by atoms with Gasteiger partial charge in [0.05, 0.1) is 0 Å². The molecule has 2 heteroatoms. The van der Waals surface area contributed by atoms with Gasteiger partial charge in [0, 0.05) is 19.8 Å². The van der Waals surface area contributed by atoms with Gasteiger partial charge in [0.25, 0.3) is 0 Å². The lowest BCUT2D eigenvalue weighted by molar-refractivity contribution is 0.0606. The monoisotopic (exact) mass is 213 g/mol. The van der Waals surface area contributed by atoms with Crippen LogP contribution in [0.3, 0.4) is 0 Å². The van der Waals surface area contributed by atoms with Crippen LogP contribution in [-0.2, 0) is 4.74 Å². The summed E-state index contributed by atoms with van der Waals surface area (Å²) in [5, 5.41) is 0. The number of hydrogen-bond donors (Lipinski definition) is 0. The molecule has 2 nitrogen and oxygen atoms in total. The standard InChI is InChI=1S/C13H27NO/c1-4-12(2)11-14(3)8-5-13-6-9-15-10-7-13/h12-13H,4-11H2,1-3H3/t12-/m0/s1. The second-order valence-electron chi connectivity index (χ2n) is 5.12. The molecule has 1 aliphatic rings. The van der Waals surface area contributed by atoms with Gasteiger partial charge >= 0.3 is 0 Å². The lowest BCUT2D eigenvalue weighted by Gasteiger charge is -2.26. The van der Waals surface area contributed by atoms with Gasteiger partial charge in [-0.25, -0.2) is 0 Å². The Morgan fingerprint density at radius 3 is 2.60 bits per heavy atom. The van der Waals surface area contributed by atoms with E-state index in [0.717, 1.165) is 25.0 Å². The van der Waals surface area contributed by atoms with E-state index < -0.39 is 0 Å². The summed E-state index contributed by atoms with van der Waals surface area (Å²) in [4.78, 5) is 2.49. The number of ether oxygens (including phenoxy) is 1. The van der Waals surface area contributed by atoms with E-state index in [0.29, 0.717) is 0 Å². The van der Waals surface area contributed by atoms with Gasteiger partial charge in [0.1, 0.15) is 0 Å². The van der Waals surface area contributed by atoms with Crippen LogP contribution in [0.25, 0.3) is 0 Å². The molecule has 1 atom stereocenters. The van der Waals surface area contributed by atoms with E-state index in [1.165, 1.54) is 38.8 Å². The first-order chi connectivity index (χ1) is 7.22. The largest absolute Gasteiger partial charge is 0.381 e. The molecule has 0 radical (unpaired) electrons. The van der Waals surface area contributed by atoms with Crippen molar-refractivity contribution in [1.82, 2.24) is 4.90 Å². The predicted molar refractivity (Wildman–Crippen MR) is 65.1 cm³/mol. The summed E-state index contributed by atoms with van der Waals surface area (Å²) in [6, 6.07) is 0. The Morgan fingerprint density at radius 1 is 1.33 bits per heavy atom. The van der Waals surface area contributed by atoms with Crippen LogP contribution in [0.5, 0.6) is 0 Å². The van der Waals surface area contributed by atoms with Crippen LogP contribution in [0.15, 0.2) is 0 Å². The van der Waals surface area contributed by atoms with Gasteiger partial charge in [0.2, 0.25) is 0 Å². The smallest absolute Gasteiger partial charge is 0.0468 e. The normalized spacial score (nSPS) is 20.8. The second kappa shape index (κ2) is 7.24. The maximum atomic E-state index is 5.37. The van der Waals surface area contributed by atoms with Crippen LogP contribution >= 0.6 is 0 Å². The maximum Gasteiger partial charge on any atom is 0.0468 e. The number of nitrogens with zero attached hydrogens (tertiary/aromatic N) is 1. The molecule has 0 aliphatic carbocycles. The Bertz CT molecular complexity index is 155. The van der Waals surface area contributed by atoms with Gasteiger partial charge in [-0.05, 0) is 44.7 Å². The van der Waals surface area contributed by atoms with Gasteiger partial charge < -0.3 is 9.64 Å². The fourth-order valence-electron chi connectivity index (χ4n) is 2.19. The van der Waals surface area contributed by atoms with Crippen molar-refractivity contribution in [1.29, 1.82) is 0 Å². The fourth-order valence-corrected chi connectivity index (χ4v) is 2.19. The van der Waals surface area contributed by atoms with Gasteiger partial charge in [-0.2, -0.15) is 0 Å². The zero-order chi connectivity index (χ0) is 11.1. The summed E-state index contributed by atoms with van der Waals surface area (Å²) in [6.07, 6.45) is 5.20. The van der Waals surface area contributed by atoms with Crippen molar-refractivity contribution in [3.8, 4) is 0 Å². The van der Waals surface area contributed by atoms with Crippen LogP contribution in [0, 0.1) is 11.8 Å². The second-order valence-corrected chi connectivity index (χ2v) is 5.12. The Kier molecular flexibility index (Phi) is 6.26. The van der Waals surface area contributed by atoms with Crippen molar-refractivity contribution in [2.75, 3.05) is 33.4 Å². The molecule has 0 amide bonds. The zero-order valence-corrected chi connectivity index (χ0v) is 10.7. The number of rotatable bonds is 6. The molecule has 0 aromatic carbocycles. The Hall–Kier alpha value is -0.0800. The van der Waals surface area contributed by atoms with Crippen molar-refractivity contribution >= 4 is 0 Å². The summed E-state index contributed by atoms with van der Waals surface area (Å²) in [5.41, 5.74) is 0. The summed E-state index contributed by atoms with van der Waals surface area (Å²) < 4.78 is 5.37. The SMILES string of the molecule is CC[C@H](C)CN(C)CCC1CCOCC1. The van der Waals surface area contributed by atoms with E-state index in [1.54, 1.807) is 0 Å². The van der Waals surface area contributed by atoms with E-state index in [-0.39, 0.29) is 0 Å². The molecule has 15 heavy (non-hydrogen) atoms. The summed E-state index contributed by atoms with van der Waals surface area (Å²) in [7, 11) is 2.26. The fraction of sp³-hybridized carbons (Fsp3) is 1.00. The minimum Gasteiger partial charge on any atom is -0.381 e. The van der Waals surface area contributed by atoms with Crippen LogP contribution in [0.1, 0.15) is 39.5 Å². The molecule has 0 aromatic rings. The highest BCUT2D eigenvalue weighted by Gasteiger charge is 2.14. The molecule has 0 spiro atoms. The molecule has 90 valence electrons. The summed E-state index contributed by atoms with van der Waals surface area (Å²) >= 11 is 0. The van der Waals surface area contributed by atoms with Gasteiger partial charge in [0.15, 0.2) is 0 Å². The highest BCUT2D eigenvalue weighted by Crippen LogP contribution is 2.18. The van der Waals surface area contributed by atoms with Gasteiger partial charge in [-0.1, -0.05) is 20.3 Å². The molecule has 0 unspecified atom stereocenters. The molecule has 0 bridgehead atoms. The lowest BCUT2D eigenvalue weighted by Crippen LogP contribution is -2.28. The third kappa shape index (κ3) is 5.53. The molecule has 1 saturated heterocycles. The van der Waals surface area contributed by atoms with Crippen molar-refractivity contribution in [3.05, 3.63) is 0 Å². The van der Waals surface area contributed by atoms with E-state index in [2.05, 4.69) is 25.8 Å². The summed E-state index contributed by atoms with van der Waals surface area (Å²) in [6.45, 7) is 9.09. The third-order valence-corrected chi connectivity index (χ3v) is 3.58. The minimum atomic E-state index is 0.838. The average Bonchev–Trinajstić information content (AvgIpc) is 2.27.